The molecule has 21 heavy (non-hydrogen) atoms. The molecule has 0 fully saturated rings. The number of nitrogens with two attached hydrogens (primary N) is 1. The first-order chi connectivity index (χ1) is 10.0. The van der Waals surface area contributed by atoms with Crippen LogP contribution in [0.2, 0.25) is 0 Å². The van der Waals surface area contributed by atoms with Crippen LogP contribution in [0.1, 0.15) is 24.8 Å². The number of hydrazine groups is 1. The Kier molecular flexibility index (Phi) is 4.49. The van der Waals surface area contributed by atoms with Crippen molar-refractivity contribution in [2.45, 2.75) is 25.7 Å². The summed E-state index contributed by atoms with van der Waals surface area (Å²) in [4.78, 5) is 35.0. The van der Waals surface area contributed by atoms with Crippen molar-refractivity contribution in [3.63, 3.8) is 0 Å². The Morgan fingerprint density at radius 2 is 2.19 bits per heavy atom. The Balaban J connectivity index is 2.14. The lowest BCUT2D eigenvalue weighted by Crippen LogP contribution is -2.37. The highest BCUT2D eigenvalue weighted by molar-refractivity contribution is 5.96. The molecule has 0 unspecified atom stereocenters. The van der Waals surface area contributed by atoms with Crippen LogP contribution in [-0.4, -0.2) is 23.3 Å². The van der Waals surface area contributed by atoms with E-state index in [2.05, 4.69) is 0 Å². The highest BCUT2D eigenvalue weighted by Crippen LogP contribution is 2.31. The van der Waals surface area contributed by atoms with Crippen molar-refractivity contribution < 1.29 is 14.5 Å². The lowest BCUT2D eigenvalue weighted by molar-refractivity contribution is -0.384. The van der Waals surface area contributed by atoms with Crippen LogP contribution in [0.4, 0.5) is 11.4 Å². The lowest BCUT2D eigenvalue weighted by Gasteiger charge is -2.29. The van der Waals surface area contributed by atoms with E-state index in [1.807, 2.05) is 5.43 Å². The number of nitro groups is 1. The number of non-ortho nitro benzene ring substituents is 1. The van der Waals surface area contributed by atoms with Gasteiger partial charge in [0.1, 0.15) is 0 Å². The van der Waals surface area contributed by atoms with E-state index in [1.54, 1.807) is 11.0 Å². The van der Waals surface area contributed by atoms with Gasteiger partial charge in [0, 0.05) is 37.2 Å². The van der Waals surface area contributed by atoms with Crippen LogP contribution in [0.3, 0.4) is 0 Å². The van der Waals surface area contributed by atoms with Crippen molar-refractivity contribution in [2.75, 3.05) is 11.4 Å². The molecule has 112 valence electrons. The molecule has 8 nitrogen and oxygen atoms in total. The molecule has 3 N–H and O–H groups in total. The van der Waals surface area contributed by atoms with Crippen molar-refractivity contribution in [2.24, 2.45) is 5.84 Å². The molecule has 0 aliphatic carbocycles. The number of carbonyl (C=O) groups is 2. The molecule has 8 heteroatoms. The lowest BCUT2D eigenvalue weighted by atomic mass is 10.00. The molecule has 2 amide bonds. The summed E-state index contributed by atoms with van der Waals surface area (Å²) in [5, 5.41) is 10.8. The van der Waals surface area contributed by atoms with E-state index in [0.717, 1.165) is 5.56 Å². The fourth-order valence-corrected chi connectivity index (χ4v) is 2.37. The normalized spacial score (nSPS) is 13.8. The molecule has 0 radical (unpaired) electrons. The number of aryl methyl sites for hydroxylation is 1. The Hall–Kier alpha value is -2.48. The maximum atomic E-state index is 12.0. The van der Waals surface area contributed by atoms with Crippen LogP contribution in [0.25, 0.3) is 0 Å². The third kappa shape index (κ3) is 3.34. The summed E-state index contributed by atoms with van der Waals surface area (Å²) >= 11 is 0. The summed E-state index contributed by atoms with van der Waals surface area (Å²) in [7, 11) is 0. The molecule has 0 spiro atoms. The summed E-state index contributed by atoms with van der Waals surface area (Å²) in [6.45, 7) is 0.386. The standard InChI is InChI=1S/C13H16N4O4/c14-15-12(18)2-1-7-16-11-5-4-10(17(20)21)8-9(11)3-6-13(16)19/h4-5,8H,1-3,6-7,14H2,(H,15,18). The third-order valence-corrected chi connectivity index (χ3v) is 3.42. The van der Waals surface area contributed by atoms with Gasteiger partial charge in [0.05, 0.1) is 4.92 Å². The van der Waals surface area contributed by atoms with E-state index in [9.17, 15) is 19.7 Å². The summed E-state index contributed by atoms with van der Waals surface area (Å²) in [6, 6.07) is 4.48. The summed E-state index contributed by atoms with van der Waals surface area (Å²) in [6.07, 6.45) is 1.51. The van der Waals surface area contributed by atoms with E-state index in [4.69, 9.17) is 5.84 Å². The Morgan fingerprint density at radius 1 is 1.43 bits per heavy atom. The number of nitro benzene ring substituents is 1. The van der Waals surface area contributed by atoms with E-state index >= 15 is 0 Å². The van der Waals surface area contributed by atoms with E-state index < -0.39 is 4.92 Å². The van der Waals surface area contributed by atoms with Crippen molar-refractivity contribution in [1.82, 2.24) is 5.43 Å². The minimum absolute atomic E-state index is 0.0190. The topological polar surface area (TPSA) is 119 Å². The van der Waals surface area contributed by atoms with E-state index in [1.165, 1.54) is 12.1 Å². The van der Waals surface area contributed by atoms with Gasteiger partial charge in [-0.15, -0.1) is 0 Å². The molecule has 0 saturated carbocycles. The Labute approximate surface area is 121 Å². The number of rotatable bonds is 5. The van der Waals surface area contributed by atoms with Gasteiger partial charge in [0.15, 0.2) is 0 Å². The van der Waals surface area contributed by atoms with Gasteiger partial charge in [-0.05, 0) is 24.5 Å². The number of benzene rings is 1. The van der Waals surface area contributed by atoms with E-state index in [0.29, 0.717) is 31.5 Å². The number of nitrogens with one attached hydrogen (secondary N) is 1. The smallest absolute Gasteiger partial charge is 0.269 e. The number of hydrogen-bond donors (Lipinski definition) is 2. The number of amides is 2. The summed E-state index contributed by atoms with van der Waals surface area (Å²) in [5.74, 6) is 4.67. The Morgan fingerprint density at radius 3 is 2.86 bits per heavy atom. The molecule has 0 saturated heterocycles. The minimum atomic E-state index is -0.452. The van der Waals surface area contributed by atoms with Gasteiger partial charge < -0.3 is 4.90 Å². The fraction of sp³-hybridized carbons (Fsp3) is 0.385. The summed E-state index contributed by atoms with van der Waals surface area (Å²) < 4.78 is 0. The number of hydrogen-bond acceptors (Lipinski definition) is 5. The van der Waals surface area contributed by atoms with Gasteiger partial charge in [0.2, 0.25) is 11.8 Å². The van der Waals surface area contributed by atoms with Gasteiger partial charge in [-0.3, -0.25) is 25.1 Å². The van der Waals surface area contributed by atoms with E-state index in [-0.39, 0.29) is 23.9 Å². The zero-order valence-electron chi connectivity index (χ0n) is 11.4. The second-order valence-electron chi connectivity index (χ2n) is 4.79. The predicted molar refractivity (Wildman–Crippen MR) is 75.3 cm³/mol. The molecule has 0 aromatic heterocycles. The first-order valence-corrected chi connectivity index (χ1v) is 6.60. The number of nitrogens with zero attached hydrogens (tertiary/aromatic N) is 2. The zero-order chi connectivity index (χ0) is 15.4. The maximum absolute atomic E-state index is 12.0. The molecule has 1 heterocycles. The number of anilines is 1. The van der Waals surface area contributed by atoms with Crippen LogP contribution >= 0.6 is 0 Å². The molecule has 1 aliphatic heterocycles. The highest BCUT2D eigenvalue weighted by Gasteiger charge is 2.25. The largest absolute Gasteiger partial charge is 0.312 e. The average molecular weight is 292 g/mol. The SMILES string of the molecule is NNC(=O)CCCN1C(=O)CCc2cc([N+](=O)[O-])ccc21. The van der Waals surface area contributed by atoms with Crippen LogP contribution in [-0.2, 0) is 16.0 Å². The van der Waals surface area contributed by atoms with Gasteiger partial charge in [-0.2, -0.15) is 0 Å². The molecule has 1 aliphatic rings. The quantitative estimate of drug-likeness (QED) is 0.357. The first-order valence-electron chi connectivity index (χ1n) is 6.60. The molecule has 1 aromatic carbocycles. The van der Waals surface area contributed by atoms with Gasteiger partial charge >= 0.3 is 0 Å². The number of carbonyl (C=O) groups excluding carboxylic acids is 2. The van der Waals surface area contributed by atoms with Crippen LogP contribution in [0.5, 0.6) is 0 Å². The average Bonchev–Trinajstić information content (AvgIpc) is 2.48. The monoisotopic (exact) mass is 292 g/mol. The molecule has 0 atom stereocenters. The molecule has 1 aromatic rings. The molecule has 0 bridgehead atoms. The molecular weight excluding hydrogens is 276 g/mol. The highest BCUT2D eigenvalue weighted by atomic mass is 16.6. The van der Waals surface area contributed by atoms with Crippen LogP contribution in [0.15, 0.2) is 18.2 Å². The van der Waals surface area contributed by atoms with Gasteiger partial charge in [-0.1, -0.05) is 0 Å². The van der Waals surface area contributed by atoms with Crippen molar-refractivity contribution in [1.29, 1.82) is 0 Å². The number of fused-ring (bicyclic) bond motifs is 1. The zero-order valence-corrected chi connectivity index (χ0v) is 11.4. The minimum Gasteiger partial charge on any atom is -0.312 e. The van der Waals surface area contributed by atoms with Crippen molar-refractivity contribution in [3.05, 3.63) is 33.9 Å². The van der Waals surface area contributed by atoms with Gasteiger partial charge in [0.25, 0.3) is 5.69 Å². The Bertz CT molecular complexity index is 588. The van der Waals surface area contributed by atoms with Gasteiger partial charge in [-0.25, -0.2) is 5.84 Å². The predicted octanol–water partition coefficient (Wildman–Crippen LogP) is 0.644. The first kappa shape index (κ1) is 14.9. The molecular formula is C13H16N4O4. The van der Waals surface area contributed by atoms with Crippen LogP contribution < -0.4 is 16.2 Å². The maximum Gasteiger partial charge on any atom is 0.269 e. The van der Waals surface area contributed by atoms with Crippen molar-refractivity contribution in [3.8, 4) is 0 Å². The van der Waals surface area contributed by atoms with Crippen LogP contribution in [0, 0.1) is 10.1 Å². The van der Waals surface area contributed by atoms with Crippen molar-refractivity contribution >= 4 is 23.2 Å². The second kappa shape index (κ2) is 6.31. The fourth-order valence-electron chi connectivity index (χ4n) is 2.37. The molecule has 2 rings (SSSR count). The third-order valence-electron chi connectivity index (χ3n) is 3.42. The second-order valence-corrected chi connectivity index (χ2v) is 4.79. The summed E-state index contributed by atoms with van der Waals surface area (Å²) in [5.41, 5.74) is 3.52.